The van der Waals surface area contributed by atoms with Crippen molar-refractivity contribution in [3.63, 3.8) is 0 Å². The number of alkyl halides is 6. The first-order valence-electron chi connectivity index (χ1n) is 23.0. The maximum atomic E-state index is 15.6. The molecule has 68 heavy (non-hydrogen) atoms. The van der Waals surface area contributed by atoms with E-state index in [0.29, 0.717) is 44.5 Å². The number of fused-ring (bicyclic) bond motifs is 2. The average molecular weight is 950 g/mol. The number of para-hydroxylation sites is 1. The molecule has 2 aliphatic carbocycles. The Morgan fingerprint density at radius 3 is 2.56 bits per heavy atom. The average Bonchev–Trinajstić information content (AvgIpc) is 3.74. The van der Waals surface area contributed by atoms with Crippen LogP contribution in [0, 0.1) is 17.8 Å². The van der Waals surface area contributed by atoms with Gasteiger partial charge in [0.1, 0.15) is 24.2 Å². The van der Waals surface area contributed by atoms with Crippen LogP contribution in [0.15, 0.2) is 42.9 Å². The topological polar surface area (TPSA) is 166 Å². The molecule has 1 aromatic carbocycles. The third-order valence-corrected chi connectivity index (χ3v) is 13.7. The lowest BCUT2D eigenvalue weighted by Gasteiger charge is -2.38. The van der Waals surface area contributed by atoms with Gasteiger partial charge in [-0.3, -0.25) is 34.0 Å². The lowest BCUT2D eigenvalue weighted by atomic mass is 9.85. The van der Waals surface area contributed by atoms with Crippen molar-refractivity contribution in [3.8, 4) is 11.8 Å². The number of carbonyl (C=O) groups is 3. The van der Waals surface area contributed by atoms with Crippen LogP contribution in [0.25, 0.3) is 16.6 Å². The van der Waals surface area contributed by atoms with Crippen molar-refractivity contribution < 1.29 is 50.2 Å². The highest BCUT2D eigenvalue weighted by Gasteiger charge is 2.44. The molecular formula is C46H49F6N11O5. The second kappa shape index (κ2) is 18.8. The van der Waals surface area contributed by atoms with Gasteiger partial charge in [-0.05, 0) is 69.4 Å². The number of hydrogen-bond donors (Lipinski definition) is 2. The zero-order chi connectivity index (χ0) is 47.3. The number of carbonyl (C=O) groups excluding carboxylic acids is 3. The van der Waals surface area contributed by atoms with Crippen molar-refractivity contribution in [1.82, 2.24) is 44.4 Å². The number of anilines is 2. The summed E-state index contributed by atoms with van der Waals surface area (Å²) in [5.41, 5.74) is 1.45. The molecule has 3 saturated heterocycles. The Kier molecular flexibility index (Phi) is 12.6. The van der Waals surface area contributed by atoms with Gasteiger partial charge >= 0.3 is 6.18 Å². The summed E-state index contributed by atoms with van der Waals surface area (Å²) in [6.07, 6.45) is -1.38. The van der Waals surface area contributed by atoms with Gasteiger partial charge in [0, 0.05) is 50.4 Å². The molecule has 16 nitrogen and oxygen atoms in total. The van der Waals surface area contributed by atoms with Gasteiger partial charge < -0.3 is 19.7 Å². The van der Waals surface area contributed by atoms with E-state index >= 15 is 4.39 Å². The highest BCUT2D eigenvalue weighted by molar-refractivity contribution is 6.08. The number of hydrogen-bond acceptors (Lipinski definition) is 11. The highest BCUT2D eigenvalue weighted by Crippen LogP contribution is 2.41. The summed E-state index contributed by atoms with van der Waals surface area (Å²) in [5, 5.41) is 19.0. The fraction of sp³-hybridized carbons (Fsp3) is 0.543. The van der Waals surface area contributed by atoms with E-state index in [9.17, 15) is 36.3 Å². The van der Waals surface area contributed by atoms with E-state index in [2.05, 4.69) is 42.6 Å². The van der Waals surface area contributed by atoms with Gasteiger partial charge in [-0.25, -0.2) is 22.7 Å². The van der Waals surface area contributed by atoms with E-state index in [1.54, 1.807) is 0 Å². The third kappa shape index (κ3) is 9.52. The molecule has 2 unspecified atom stereocenters. The number of piperidine rings is 2. The monoisotopic (exact) mass is 949 g/mol. The van der Waals surface area contributed by atoms with Crippen LogP contribution in [0.5, 0.6) is 0 Å². The Morgan fingerprint density at radius 2 is 1.81 bits per heavy atom. The molecule has 3 aliphatic heterocycles. The third-order valence-electron chi connectivity index (χ3n) is 13.7. The Morgan fingerprint density at radius 1 is 1.00 bits per heavy atom. The van der Waals surface area contributed by atoms with E-state index in [-0.39, 0.29) is 85.3 Å². The minimum Gasteiger partial charge on any atom is -0.365 e. The van der Waals surface area contributed by atoms with E-state index in [0.717, 1.165) is 42.1 Å². The largest absolute Gasteiger partial charge is 0.416 e. The van der Waals surface area contributed by atoms with Gasteiger partial charge in [0.25, 0.3) is 12.3 Å². The van der Waals surface area contributed by atoms with Crippen LogP contribution in [0.2, 0.25) is 0 Å². The van der Waals surface area contributed by atoms with Crippen LogP contribution in [-0.2, 0) is 19.1 Å². The van der Waals surface area contributed by atoms with E-state index < -0.39 is 55.0 Å². The van der Waals surface area contributed by atoms with Crippen molar-refractivity contribution in [2.45, 2.75) is 107 Å². The lowest BCUT2D eigenvalue weighted by Crippen LogP contribution is -2.49. The molecule has 7 heterocycles. The van der Waals surface area contributed by atoms with E-state index in [1.807, 2.05) is 22.9 Å². The summed E-state index contributed by atoms with van der Waals surface area (Å²) < 4.78 is 99.8. The molecule has 5 aliphatic rings. The molecular weight excluding hydrogens is 901 g/mol. The minimum atomic E-state index is -4.57. The van der Waals surface area contributed by atoms with Gasteiger partial charge in [-0.1, -0.05) is 24.0 Å². The minimum absolute atomic E-state index is 0.0351. The summed E-state index contributed by atoms with van der Waals surface area (Å²) >= 11 is 0. The number of rotatable bonds is 11. The molecule has 5 fully saturated rings. The first-order chi connectivity index (χ1) is 32.8. The molecule has 360 valence electrons. The van der Waals surface area contributed by atoms with Gasteiger partial charge in [0.15, 0.2) is 17.4 Å². The molecule has 0 spiro atoms. The van der Waals surface area contributed by atoms with Gasteiger partial charge in [0.2, 0.25) is 11.8 Å². The number of aromatic nitrogens is 7. The second-order valence-corrected chi connectivity index (χ2v) is 18.3. The summed E-state index contributed by atoms with van der Waals surface area (Å²) in [6.45, 7) is 1.08. The molecule has 4 atom stereocenters. The van der Waals surface area contributed by atoms with Crippen LogP contribution in [-0.4, -0.2) is 127 Å². The number of nitrogens with zero attached hydrogens (tertiary/aromatic N) is 9. The molecule has 5 aromatic rings. The quantitative estimate of drug-likeness (QED) is 0.0868. The number of morpholine rings is 1. The van der Waals surface area contributed by atoms with Crippen molar-refractivity contribution in [1.29, 1.82) is 0 Å². The Balaban J connectivity index is 0.713. The first kappa shape index (κ1) is 45.7. The summed E-state index contributed by atoms with van der Waals surface area (Å²) in [5.74, 6) is 4.79. The van der Waals surface area contributed by atoms with Gasteiger partial charge in [-0.2, -0.15) is 28.5 Å². The molecule has 3 amide bonds. The lowest BCUT2D eigenvalue weighted by molar-refractivity contribution is -0.221. The number of imide groups is 1. The smallest absolute Gasteiger partial charge is 0.365 e. The second-order valence-electron chi connectivity index (χ2n) is 18.3. The zero-order valence-electron chi connectivity index (χ0n) is 36.8. The molecule has 0 radical (unpaired) electrons. The normalized spacial score (nSPS) is 25.2. The summed E-state index contributed by atoms with van der Waals surface area (Å²) in [7, 11) is 0. The number of benzene rings is 1. The Labute approximate surface area is 385 Å². The zero-order valence-corrected chi connectivity index (χ0v) is 36.8. The highest BCUT2D eigenvalue weighted by atomic mass is 19.4. The van der Waals surface area contributed by atoms with Crippen LogP contribution < -0.4 is 15.5 Å². The summed E-state index contributed by atoms with van der Waals surface area (Å²) in [6, 6.07) is 7.20. The van der Waals surface area contributed by atoms with Crippen molar-refractivity contribution in [3.05, 3.63) is 65.4 Å². The van der Waals surface area contributed by atoms with Crippen LogP contribution in [0.3, 0.4) is 0 Å². The summed E-state index contributed by atoms with van der Waals surface area (Å²) in [4.78, 5) is 46.0. The number of amides is 3. The first-order valence-corrected chi connectivity index (χ1v) is 23.0. The Hall–Kier alpha value is -6.05. The van der Waals surface area contributed by atoms with Crippen LogP contribution >= 0.6 is 0 Å². The number of halogens is 6. The van der Waals surface area contributed by atoms with Gasteiger partial charge in [0.05, 0.1) is 65.9 Å². The molecule has 4 aromatic heterocycles. The number of ether oxygens (including phenoxy) is 2. The fourth-order valence-corrected chi connectivity index (χ4v) is 9.94. The maximum absolute atomic E-state index is 15.6. The maximum Gasteiger partial charge on any atom is 0.416 e. The number of likely N-dealkylation sites (tertiary alicyclic amines) is 1. The van der Waals surface area contributed by atoms with Crippen LogP contribution in [0.1, 0.15) is 110 Å². The molecule has 0 bridgehead atoms. The Bertz CT molecular complexity index is 2770. The van der Waals surface area contributed by atoms with E-state index in [4.69, 9.17) is 14.6 Å². The standard InChI is InChI=1S/C46H49F6N11O5/c47-33-23-59(16-14-35(33)67-19-2-4-27-3-1-5-30-39(31-12-13-38(64)56-44(31)65)58-63(41(27)30)29-10-11-29)22-26-6-8-28(9-7-26)62-24-34(40(57-62)42(48)49)54-45(66)32-21-53-61-17-15-37(55-43(32)61)60-18-20-68-36(25-60)46(50,51)52/h1,3,5,15,17,21,24,26,28-29,31,33,35-36,42H,6-14,16,18-20,22-23,25H2,(H,54,66)(H,56,64,65)/t26?,28?,31?,33-,35+,36?/m0/s1. The molecule has 10 rings (SSSR count). The number of nitrogens with one attached hydrogen (secondary N) is 2. The SMILES string of the molecule is O=C1CCC(c2nn(C3CC3)c3c(C#CCO[C@@H]4CCN(CC5CCC(n6cc(NC(=O)c7cnn8ccc(N9CCOC(C(F)(F)F)C9)nc78)c(C(F)F)n6)CC5)C[C@@H]4F)cccc23)C(=O)N1. The fourth-order valence-electron chi connectivity index (χ4n) is 9.94. The van der Waals surface area contributed by atoms with Crippen LogP contribution in [0.4, 0.5) is 37.8 Å². The van der Waals surface area contributed by atoms with Crippen molar-refractivity contribution in [2.24, 2.45) is 5.92 Å². The predicted molar refractivity (Wildman–Crippen MR) is 233 cm³/mol. The predicted octanol–water partition coefficient (Wildman–Crippen LogP) is 6.30. The molecule has 2 N–H and O–H groups in total. The molecule has 2 saturated carbocycles. The molecule has 22 heteroatoms. The van der Waals surface area contributed by atoms with E-state index in [1.165, 1.54) is 38.8 Å². The van der Waals surface area contributed by atoms with Gasteiger partial charge in [-0.15, -0.1) is 0 Å². The van der Waals surface area contributed by atoms with Crippen molar-refractivity contribution in [2.75, 3.05) is 56.2 Å². The van der Waals surface area contributed by atoms with Crippen molar-refractivity contribution >= 4 is 45.8 Å².